The van der Waals surface area contributed by atoms with Crippen LogP contribution >= 0.6 is 0 Å². The second kappa shape index (κ2) is 5.44. The van der Waals surface area contributed by atoms with Crippen LogP contribution in [0.3, 0.4) is 0 Å². The number of nitrogen functional groups attached to an aromatic ring is 1. The second-order valence-corrected chi connectivity index (χ2v) is 5.82. The zero-order valence-corrected chi connectivity index (χ0v) is 12.2. The molecule has 0 fully saturated rings. The van der Waals surface area contributed by atoms with Gasteiger partial charge >= 0.3 is 5.97 Å². The van der Waals surface area contributed by atoms with E-state index in [0.717, 1.165) is 0 Å². The third kappa shape index (κ3) is 2.97. The number of ether oxygens (including phenoxy) is 1. The van der Waals surface area contributed by atoms with E-state index in [1.165, 1.54) is 49.3 Å². The molecule has 9 heteroatoms. The third-order valence-corrected chi connectivity index (χ3v) is 4.23. The first-order chi connectivity index (χ1) is 9.85. The van der Waals surface area contributed by atoms with Gasteiger partial charge in [0.2, 0.25) is 0 Å². The largest absolute Gasteiger partial charge is 0.465 e. The fourth-order valence-corrected chi connectivity index (χ4v) is 3.06. The van der Waals surface area contributed by atoms with Crippen LogP contribution in [0.25, 0.3) is 0 Å². The number of imidazole rings is 1. The lowest BCUT2D eigenvalue weighted by atomic mass is 10.2. The Labute approximate surface area is 121 Å². The second-order valence-electron chi connectivity index (χ2n) is 4.22. The molecule has 0 aliphatic carbocycles. The quantitative estimate of drug-likeness (QED) is 0.798. The van der Waals surface area contributed by atoms with Crippen LogP contribution in [0.15, 0.2) is 35.6 Å². The fourth-order valence-electron chi connectivity index (χ4n) is 1.76. The van der Waals surface area contributed by atoms with Crippen LogP contribution in [-0.2, 0) is 21.8 Å². The van der Waals surface area contributed by atoms with Crippen molar-refractivity contribution in [3.05, 3.63) is 36.2 Å². The summed E-state index contributed by atoms with van der Waals surface area (Å²) in [4.78, 5) is 15.0. The van der Waals surface area contributed by atoms with Crippen molar-refractivity contribution in [3.63, 3.8) is 0 Å². The summed E-state index contributed by atoms with van der Waals surface area (Å²) in [5.74, 6) is -0.587. The Morgan fingerprint density at radius 3 is 2.43 bits per heavy atom. The predicted molar refractivity (Wildman–Crippen MR) is 76.2 cm³/mol. The van der Waals surface area contributed by atoms with Gasteiger partial charge in [-0.25, -0.2) is 9.78 Å². The van der Waals surface area contributed by atoms with E-state index in [2.05, 4.69) is 14.4 Å². The molecule has 0 unspecified atom stereocenters. The van der Waals surface area contributed by atoms with E-state index in [0.29, 0.717) is 11.3 Å². The Morgan fingerprint density at radius 2 is 1.95 bits per heavy atom. The summed E-state index contributed by atoms with van der Waals surface area (Å²) < 4.78 is 32.7. The summed E-state index contributed by atoms with van der Waals surface area (Å²) >= 11 is 0. The van der Waals surface area contributed by atoms with E-state index in [1.54, 1.807) is 0 Å². The van der Waals surface area contributed by atoms with Crippen molar-refractivity contribution in [1.82, 2.24) is 9.55 Å². The molecule has 0 aliphatic rings. The Kier molecular flexibility index (Phi) is 3.85. The normalized spacial score (nSPS) is 11.1. The molecule has 3 N–H and O–H groups in total. The molecule has 0 saturated heterocycles. The summed E-state index contributed by atoms with van der Waals surface area (Å²) in [7, 11) is -1.07. The lowest BCUT2D eigenvalue weighted by Gasteiger charge is -2.09. The van der Waals surface area contributed by atoms with Crippen molar-refractivity contribution in [2.75, 3.05) is 17.6 Å². The van der Waals surface area contributed by atoms with Crippen LogP contribution in [0.5, 0.6) is 0 Å². The minimum absolute atomic E-state index is 0.0869. The van der Waals surface area contributed by atoms with E-state index in [-0.39, 0.29) is 10.8 Å². The number of hydrogen-bond donors (Lipinski definition) is 2. The van der Waals surface area contributed by atoms with Gasteiger partial charge in [-0.1, -0.05) is 0 Å². The van der Waals surface area contributed by atoms with Gasteiger partial charge in [-0.05, 0) is 24.3 Å². The Hall–Kier alpha value is -2.55. The van der Waals surface area contributed by atoms with Gasteiger partial charge in [0.15, 0.2) is 10.8 Å². The predicted octanol–water partition coefficient (Wildman–Crippen LogP) is 0.590. The summed E-state index contributed by atoms with van der Waals surface area (Å²) in [5.41, 5.74) is 6.17. The molecule has 0 bridgehead atoms. The number of hydrogen-bond acceptors (Lipinski definition) is 6. The van der Waals surface area contributed by atoms with Gasteiger partial charge in [-0.2, -0.15) is 8.42 Å². The van der Waals surface area contributed by atoms with E-state index in [9.17, 15) is 13.2 Å². The molecule has 0 amide bonds. The number of rotatable bonds is 4. The third-order valence-electron chi connectivity index (χ3n) is 2.72. The first-order valence-corrected chi connectivity index (χ1v) is 7.31. The van der Waals surface area contributed by atoms with Crippen LogP contribution in [0, 0.1) is 0 Å². The maximum Gasteiger partial charge on any atom is 0.337 e. The van der Waals surface area contributed by atoms with Crippen LogP contribution in [0.4, 0.5) is 11.5 Å². The standard InChI is InChI=1S/C12H14N4O4S/c1-16-7-14-10(13)11(16)21(18,19)15-9-5-3-8(4-6-9)12(17)20-2/h3-7,15H,13H2,1-2H3. The molecule has 21 heavy (non-hydrogen) atoms. The molecule has 0 spiro atoms. The van der Waals surface area contributed by atoms with E-state index >= 15 is 0 Å². The number of sulfonamides is 1. The number of carbonyl (C=O) groups is 1. The van der Waals surface area contributed by atoms with Crippen LogP contribution in [0.1, 0.15) is 10.4 Å². The molecule has 2 rings (SSSR count). The van der Waals surface area contributed by atoms with Gasteiger partial charge in [-0.3, -0.25) is 4.72 Å². The number of nitrogens with zero attached hydrogens (tertiary/aromatic N) is 2. The van der Waals surface area contributed by atoms with Gasteiger partial charge in [-0.15, -0.1) is 0 Å². The molecule has 1 aromatic heterocycles. The van der Waals surface area contributed by atoms with E-state index in [1.807, 2.05) is 0 Å². The minimum Gasteiger partial charge on any atom is -0.465 e. The number of anilines is 2. The van der Waals surface area contributed by atoms with Crippen molar-refractivity contribution in [2.45, 2.75) is 5.03 Å². The smallest absolute Gasteiger partial charge is 0.337 e. The Bertz CT molecular complexity index is 746. The maximum absolute atomic E-state index is 12.2. The topological polar surface area (TPSA) is 116 Å². The number of methoxy groups -OCH3 is 1. The number of nitrogens with two attached hydrogens (primary N) is 1. The SMILES string of the molecule is COC(=O)c1ccc(NS(=O)(=O)c2c(N)ncn2C)cc1. The molecule has 1 heterocycles. The van der Waals surface area contributed by atoms with Crippen molar-refractivity contribution < 1.29 is 17.9 Å². The Morgan fingerprint density at radius 1 is 1.33 bits per heavy atom. The molecular weight excluding hydrogens is 296 g/mol. The minimum atomic E-state index is -3.86. The number of aromatic nitrogens is 2. The van der Waals surface area contributed by atoms with Crippen molar-refractivity contribution in [3.8, 4) is 0 Å². The lowest BCUT2D eigenvalue weighted by Crippen LogP contribution is -2.17. The molecule has 0 radical (unpaired) electrons. The lowest BCUT2D eigenvalue weighted by molar-refractivity contribution is 0.0601. The monoisotopic (exact) mass is 310 g/mol. The number of aryl methyl sites for hydroxylation is 1. The first-order valence-electron chi connectivity index (χ1n) is 5.83. The highest BCUT2D eigenvalue weighted by Gasteiger charge is 2.22. The number of carbonyl (C=O) groups excluding carboxylic acids is 1. The molecular formula is C12H14N4O4S. The average Bonchev–Trinajstić information content (AvgIpc) is 2.78. The zero-order chi connectivity index (χ0) is 15.6. The summed E-state index contributed by atoms with van der Waals surface area (Å²) in [6.45, 7) is 0. The number of benzene rings is 1. The molecule has 8 nitrogen and oxygen atoms in total. The van der Waals surface area contributed by atoms with Gasteiger partial charge in [0.05, 0.1) is 19.0 Å². The first kappa shape index (κ1) is 14.9. The van der Waals surface area contributed by atoms with E-state index in [4.69, 9.17) is 5.73 Å². The zero-order valence-electron chi connectivity index (χ0n) is 11.4. The molecule has 0 atom stereocenters. The van der Waals surface area contributed by atoms with Crippen LogP contribution in [0.2, 0.25) is 0 Å². The number of nitrogens with one attached hydrogen (secondary N) is 1. The van der Waals surface area contributed by atoms with Crippen molar-refractivity contribution in [1.29, 1.82) is 0 Å². The molecule has 2 aromatic rings. The van der Waals surface area contributed by atoms with Crippen molar-refractivity contribution in [2.24, 2.45) is 7.05 Å². The van der Waals surface area contributed by atoms with Crippen molar-refractivity contribution >= 4 is 27.5 Å². The van der Waals surface area contributed by atoms with Crippen LogP contribution in [-0.4, -0.2) is 31.0 Å². The van der Waals surface area contributed by atoms with Gasteiger partial charge < -0.3 is 15.0 Å². The van der Waals surface area contributed by atoms with Crippen LogP contribution < -0.4 is 10.5 Å². The summed E-state index contributed by atoms with van der Waals surface area (Å²) in [5, 5.41) is -0.125. The number of esters is 1. The summed E-state index contributed by atoms with van der Waals surface area (Å²) in [6, 6.07) is 5.82. The highest BCUT2D eigenvalue weighted by atomic mass is 32.2. The van der Waals surface area contributed by atoms with E-state index < -0.39 is 16.0 Å². The Balaban J connectivity index is 2.27. The van der Waals surface area contributed by atoms with Gasteiger partial charge in [0, 0.05) is 12.7 Å². The molecule has 0 saturated carbocycles. The maximum atomic E-state index is 12.2. The molecule has 0 aliphatic heterocycles. The molecule has 112 valence electrons. The van der Waals surface area contributed by atoms with Gasteiger partial charge in [0.25, 0.3) is 10.0 Å². The fraction of sp³-hybridized carbons (Fsp3) is 0.167. The summed E-state index contributed by atoms with van der Waals surface area (Å²) in [6.07, 6.45) is 1.31. The van der Waals surface area contributed by atoms with Gasteiger partial charge in [0.1, 0.15) is 0 Å². The molecule has 1 aromatic carbocycles. The average molecular weight is 310 g/mol. The highest BCUT2D eigenvalue weighted by Crippen LogP contribution is 2.20. The highest BCUT2D eigenvalue weighted by molar-refractivity contribution is 7.92.